The van der Waals surface area contributed by atoms with Gasteiger partial charge in [0, 0.05) is 23.8 Å². The zero-order valence-electron chi connectivity index (χ0n) is 19.3. The number of nitrogens with zero attached hydrogens (tertiary/aromatic N) is 3. The smallest absolute Gasteiger partial charge is 0.323 e. The number of para-hydroxylation sites is 1. The Hall–Kier alpha value is -3.91. The van der Waals surface area contributed by atoms with Crippen molar-refractivity contribution in [3.8, 4) is 11.5 Å². The number of carboxylic acid groups (broad SMARTS) is 1. The predicted molar refractivity (Wildman–Crippen MR) is 134 cm³/mol. The summed E-state index contributed by atoms with van der Waals surface area (Å²) in [6.07, 6.45) is 0. The molecule has 0 amide bonds. The van der Waals surface area contributed by atoms with E-state index in [9.17, 15) is 9.90 Å². The number of hydrogen-bond donors (Lipinski definition) is 2. The number of anilines is 4. The molecule has 2 N–H and O–H groups in total. The second-order valence-corrected chi connectivity index (χ2v) is 8.18. The van der Waals surface area contributed by atoms with Crippen molar-refractivity contribution in [2.24, 2.45) is 7.05 Å². The Morgan fingerprint density at radius 1 is 1.15 bits per heavy atom. The number of halogens is 1. The van der Waals surface area contributed by atoms with E-state index in [1.54, 1.807) is 37.3 Å². The van der Waals surface area contributed by atoms with Gasteiger partial charge in [-0.15, -0.1) is 0 Å². The van der Waals surface area contributed by atoms with Crippen molar-refractivity contribution in [3.63, 3.8) is 0 Å². The number of methoxy groups -OCH3 is 2. The van der Waals surface area contributed by atoms with E-state index in [4.69, 9.17) is 26.1 Å². The summed E-state index contributed by atoms with van der Waals surface area (Å²) in [5.74, 6) is 0.922. The molecule has 34 heavy (non-hydrogen) atoms. The van der Waals surface area contributed by atoms with Gasteiger partial charge in [-0.05, 0) is 55.0 Å². The zero-order chi connectivity index (χ0) is 24.4. The molecule has 176 valence electrons. The lowest BCUT2D eigenvalue weighted by Gasteiger charge is -2.24. The van der Waals surface area contributed by atoms with Crippen LogP contribution in [0.5, 0.6) is 11.5 Å². The number of rotatable bonds is 8. The van der Waals surface area contributed by atoms with Crippen molar-refractivity contribution >= 4 is 51.6 Å². The van der Waals surface area contributed by atoms with Crippen LogP contribution in [0.15, 0.2) is 54.6 Å². The number of carboxylic acids is 1. The number of fused-ring (bicyclic) bond motifs is 1. The van der Waals surface area contributed by atoms with Crippen molar-refractivity contribution < 1.29 is 19.4 Å². The van der Waals surface area contributed by atoms with Crippen molar-refractivity contribution in [1.29, 1.82) is 0 Å². The number of ether oxygens (including phenoxy) is 2. The Labute approximate surface area is 202 Å². The van der Waals surface area contributed by atoms with E-state index in [1.807, 2.05) is 54.9 Å². The van der Waals surface area contributed by atoms with Crippen LogP contribution in [0.25, 0.3) is 11.0 Å². The largest absolute Gasteiger partial charge is 0.497 e. The number of aromatic nitrogens is 2. The molecule has 1 aromatic heterocycles. The van der Waals surface area contributed by atoms with Gasteiger partial charge in [0.1, 0.15) is 18.0 Å². The third kappa shape index (κ3) is 4.45. The standard InChI is InChI=1S/C25H25ClN4O4/c1-15-12-16(26)13-21(34-4)23(15)28-25-27-19-6-5-7-20(24(19)29(25)2)30(14-22(31)32)17-8-10-18(33-3)11-9-17/h5-13H,14H2,1-4H3,(H,27,28)(H,31,32). The topological polar surface area (TPSA) is 88.8 Å². The second-order valence-electron chi connectivity index (χ2n) is 7.74. The zero-order valence-corrected chi connectivity index (χ0v) is 20.1. The highest BCUT2D eigenvalue weighted by Crippen LogP contribution is 2.37. The van der Waals surface area contributed by atoms with Gasteiger partial charge in [0.25, 0.3) is 0 Å². The van der Waals surface area contributed by atoms with Crippen molar-refractivity contribution in [1.82, 2.24) is 9.55 Å². The molecule has 1 heterocycles. The molecule has 0 spiro atoms. The first-order chi connectivity index (χ1) is 16.3. The van der Waals surface area contributed by atoms with Crippen LogP contribution in [0.3, 0.4) is 0 Å². The molecule has 0 bridgehead atoms. The van der Waals surface area contributed by atoms with Gasteiger partial charge in [0.15, 0.2) is 0 Å². The van der Waals surface area contributed by atoms with Crippen LogP contribution in [0.1, 0.15) is 5.56 Å². The summed E-state index contributed by atoms with van der Waals surface area (Å²) < 4.78 is 12.7. The first-order valence-electron chi connectivity index (χ1n) is 10.5. The normalized spacial score (nSPS) is 10.9. The van der Waals surface area contributed by atoms with E-state index in [-0.39, 0.29) is 6.54 Å². The van der Waals surface area contributed by atoms with E-state index in [2.05, 4.69) is 5.32 Å². The number of aryl methyl sites for hydroxylation is 2. The van der Waals surface area contributed by atoms with Gasteiger partial charge in [-0.1, -0.05) is 17.7 Å². The minimum Gasteiger partial charge on any atom is -0.497 e. The number of carbonyl (C=O) groups is 1. The Kier molecular flexibility index (Phi) is 6.51. The summed E-state index contributed by atoms with van der Waals surface area (Å²) in [7, 11) is 5.06. The predicted octanol–water partition coefficient (Wildman–Crippen LogP) is 5.52. The van der Waals surface area contributed by atoms with Crippen LogP contribution in [-0.4, -0.2) is 41.4 Å². The Bertz CT molecular complexity index is 1350. The quantitative estimate of drug-likeness (QED) is 0.343. The van der Waals surface area contributed by atoms with Crippen molar-refractivity contribution in [2.45, 2.75) is 6.92 Å². The van der Waals surface area contributed by atoms with Gasteiger partial charge in [0.2, 0.25) is 5.95 Å². The average molecular weight is 481 g/mol. The van der Waals surface area contributed by atoms with Gasteiger partial charge >= 0.3 is 5.97 Å². The third-order valence-electron chi connectivity index (χ3n) is 5.56. The van der Waals surface area contributed by atoms with E-state index in [0.717, 1.165) is 28.0 Å². The van der Waals surface area contributed by atoms with Gasteiger partial charge in [-0.25, -0.2) is 4.98 Å². The summed E-state index contributed by atoms with van der Waals surface area (Å²) >= 11 is 6.18. The third-order valence-corrected chi connectivity index (χ3v) is 5.78. The van der Waals surface area contributed by atoms with Crippen molar-refractivity contribution in [2.75, 3.05) is 31.0 Å². The van der Waals surface area contributed by atoms with Gasteiger partial charge in [0.05, 0.1) is 36.6 Å². The number of imidazole rings is 1. The number of hydrogen-bond acceptors (Lipinski definition) is 6. The minimum absolute atomic E-state index is 0.219. The first kappa shape index (κ1) is 23.3. The molecule has 4 rings (SSSR count). The number of nitrogens with one attached hydrogen (secondary N) is 1. The lowest BCUT2D eigenvalue weighted by Crippen LogP contribution is -2.25. The molecule has 4 aromatic rings. The van der Waals surface area contributed by atoms with Crippen molar-refractivity contribution in [3.05, 3.63) is 65.2 Å². The average Bonchev–Trinajstić information content (AvgIpc) is 3.14. The van der Waals surface area contributed by atoms with E-state index in [1.165, 1.54) is 0 Å². The highest BCUT2D eigenvalue weighted by molar-refractivity contribution is 6.31. The van der Waals surface area contributed by atoms with Gasteiger partial charge < -0.3 is 29.4 Å². The molecule has 0 aliphatic rings. The fourth-order valence-corrected chi connectivity index (χ4v) is 4.20. The molecule has 0 aliphatic carbocycles. The maximum atomic E-state index is 11.8. The molecule has 0 saturated heterocycles. The van der Waals surface area contributed by atoms with Crippen LogP contribution in [-0.2, 0) is 11.8 Å². The molecule has 0 radical (unpaired) electrons. The van der Waals surface area contributed by atoms with Crippen LogP contribution in [0, 0.1) is 6.92 Å². The molecule has 0 unspecified atom stereocenters. The van der Waals surface area contributed by atoms with Crippen LogP contribution >= 0.6 is 11.6 Å². The van der Waals surface area contributed by atoms with Crippen LogP contribution in [0.2, 0.25) is 5.02 Å². The summed E-state index contributed by atoms with van der Waals surface area (Å²) in [5, 5.41) is 13.6. The molecular formula is C25H25ClN4O4. The number of benzene rings is 3. The van der Waals surface area contributed by atoms with E-state index >= 15 is 0 Å². The van der Waals surface area contributed by atoms with E-state index < -0.39 is 5.97 Å². The maximum Gasteiger partial charge on any atom is 0.323 e. The van der Waals surface area contributed by atoms with Crippen LogP contribution < -0.4 is 19.7 Å². The Morgan fingerprint density at radius 2 is 1.88 bits per heavy atom. The van der Waals surface area contributed by atoms with E-state index in [0.29, 0.717) is 28.2 Å². The first-order valence-corrected chi connectivity index (χ1v) is 10.9. The number of aliphatic carboxylic acids is 1. The fraction of sp³-hybridized carbons (Fsp3) is 0.200. The highest BCUT2D eigenvalue weighted by atomic mass is 35.5. The summed E-state index contributed by atoms with van der Waals surface area (Å²) in [6, 6.07) is 16.5. The minimum atomic E-state index is -0.949. The van der Waals surface area contributed by atoms with Gasteiger partial charge in [-0.2, -0.15) is 0 Å². The molecule has 0 atom stereocenters. The molecule has 0 aliphatic heterocycles. The SMILES string of the molecule is COc1ccc(N(CC(=O)O)c2cccc3nc(Nc4c(C)cc(Cl)cc4OC)n(C)c23)cc1. The molecule has 3 aromatic carbocycles. The Morgan fingerprint density at radius 3 is 2.53 bits per heavy atom. The second kappa shape index (κ2) is 9.52. The molecule has 9 heteroatoms. The van der Waals surface area contributed by atoms with Gasteiger partial charge in [-0.3, -0.25) is 4.79 Å². The summed E-state index contributed by atoms with van der Waals surface area (Å²) in [6.45, 7) is 1.71. The van der Waals surface area contributed by atoms with Crippen LogP contribution in [0.4, 0.5) is 23.0 Å². The highest BCUT2D eigenvalue weighted by Gasteiger charge is 2.21. The maximum absolute atomic E-state index is 11.8. The fourth-order valence-electron chi connectivity index (χ4n) is 3.94. The molecule has 8 nitrogen and oxygen atoms in total. The summed E-state index contributed by atoms with van der Waals surface area (Å²) in [5.41, 5.74) is 4.60. The summed E-state index contributed by atoms with van der Waals surface area (Å²) in [4.78, 5) is 18.3. The molecule has 0 fully saturated rings. The monoisotopic (exact) mass is 480 g/mol. The Balaban J connectivity index is 1.83. The molecular weight excluding hydrogens is 456 g/mol. The molecule has 0 saturated carbocycles. The lowest BCUT2D eigenvalue weighted by molar-refractivity contribution is -0.135. The lowest BCUT2D eigenvalue weighted by atomic mass is 10.2.